The third-order valence-electron chi connectivity index (χ3n) is 16.7. The minimum Gasteiger partial charge on any atom is -0.310 e. The Morgan fingerprint density at radius 3 is 1.27 bits per heavy atom. The van der Waals surface area contributed by atoms with E-state index < -0.39 is 0 Å². The summed E-state index contributed by atoms with van der Waals surface area (Å²) in [5.74, 6) is 0.111. The van der Waals surface area contributed by atoms with Gasteiger partial charge in [-0.1, -0.05) is 200 Å². The fourth-order valence-electron chi connectivity index (χ4n) is 13.5. The monoisotopic (exact) mass is 979 g/mol. The minimum atomic E-state index is 0.0471. The zero-order chi connectivity index (χ0) is 50.6. The normalized spacial score (nSPS) is 14.2. The van der Waals surface area contributed by atoms with Crippen molar-refractivity contribution in [1.29, 1.82) is 0 Å². The molecule has 77 heavy (non-hydrogen) atoms. The van der Waals surface area contributed by atoms with Crippen LogP contribution in [0.1, 0.15) is 45.2 Å². The molecular formula is C74H49N3. The predicted molar refractivity (Wildman–Crippen MR) is 321 cm³/mol. The Bertz CT molecular complexity index is 4580. The molecule has 12 aromatic carbocycles. The number of para-hydroxylation sites is 5. The summed E-state index contributed by atoms with van der Waals surface area (Å²) >= 11 is 0. The molecule has 3 aliphatic rings. The van der Waals surface area contributed by atoms with E-state index in [2.05, 4.69) is 299 Å². The van der Waals surface area contributed by atoms with E-state index in [1.54, 1.807) is 0 Å². The fraction of sp³-hybridized carbons (Fsp3) is 0.0270. The van der Waals surface area contributed by atoms with Crippen molar-refractivity contribution in [3.8, 4) is 44.8 Å². The molecule has 2 bridgehead atoms. The Hall–Kier alpha value is -9.96. The molecule has 0 radical (unpaired) electrons. The lowest BCUT2D eigenvalue weighted by Gasteiger charge is -2.45. The molecule has 2 aromatic heterocycles. The highest BCUT2D eigenvalue weighted by Crippen LogP contribution is 2.61. The summed E-state index contributed by atoms with van der Waals surface area (Å²) in [6, 6.07) is 106. The maximum absolute atomic E-state index is 2.52. The molecule has 0 unspecified atom stereocenters. The Morgan fingerprint density at radius 1 is 0.260 bits per heavy atom. The zero-order valence-corrected chi connectivity index (χ0v) is 42.1. The lowest BCUT2D eigenvalue weighted by Crippen LogP contribution is -2.30. The van der Waals surface area contributed by atoms with Crippen molar-refractivity contribution >= 4 is 60.7 Å². The third-order valence-corrected chi connectivity index (χ3v) is 16.7. The van der Waals surface area contributed by atoms with Gasteiger partial charge in [0.1, 0.15) is 0 Å². The summed E-state index contributed by atoms with van der Waals surface area (Å²) in [7, 11) is 0. The Morgan fingerprint density at radius 2 is 0.688 bits per heavy atom. The van der Waals surface area contributed by atoms with Gasteiger partial charge in [0.15, 0.2) is 0 Å². The first-order chi connectivity index (χ1) is 38.2. The van der Waals surface area contributed by atoms with Crippen LogP contribution < -0.4 is 4.90 Å². The highest BCUT2D eigenvalue weighted by molar-refractivity contribution is 6.13. The molecule has 3 heteroatoms. The summed E-state index contributed by atoms with van der Waals surface area (Å²) in [5.41, 5.74) is 26.2. The molecule has 360 valence electrons. The summed E-state index contributed by atoms with van der Waals surface area (Å²) in [5, 5.41) is 4.99. The Labute approximate surface area is 447 Å². The van der Waals surface area contributed by atoms with Gasteiger partial charge in [-0.05, 0) is 146 Å². The van der Waals surface area contributed by atoms with Gasteiger partial charge in [-0.3, -0.25) is 0 Å². The summed E-state index contributed by atoms with van der Waals surface area (Å²) < 4.78 is 4.83. The number of benzene rings is 12. The number of fused-ring (bicyclic) bond motifs is 6. The van der Waals surface area contributed by atoms with Gasteiger partial charge in [-0.15, -0.1) is 0 Å². The number of nitrogens with zero attached hydrogens (tertiary/aromatic N) is 3. The molecule has 0 saturated heterocycles. The molecule has 0 N–H and O–H groups in total. The first-order valence-corrected chi connectivity index (χ1v) is 26.8. The summed E-state index contributed by atoms with van der Waals surface area (Å²) in [6.07, 6.45) is 0. The lowest BCUT2D eigenvalue weighted by atomic mass is 9.59. The van der Waals surface area contributed by atoms with Crippen LogP contribution in [-0.4, -0.2) is 9.13 Å². The van der Waals surface area contributed by atoms with Crippen LogP contribution in [0.5, 0.6) is 0 Å². The van der Waals surface area contributed by atoms with Crippen LogP contribution in [-0.2, 0) is 0 Å². The predicted octanol–water partition coefficient (Wildman–Crippen LogP) is 19.3. The first-order valence-electron chi connectivity index (χ1n) is 26.8. The molecule has 0 saturated carbocycles. The lowest BCUT2D eigenvalue weighted by molar-refractivity contribution is 0.755. The fourth-order valence-corrected chi connectivity index (χ4v) is 13.5. The van der Waals surface area contributed by atoms with E-state index in [0.29, 0.717) is 0 Å². The highest BCUT2D eigenvalue weighted by atomic mass is 15.1. The van der Waals surface area contributed by atoms with E-state index in [4.69, 9.17) is 0 Å². The largest absolute Gasteiger partial charge is 0.310 e. The second kappa shape index (κ2) is 17.3. The van der Waals surface area contributed by atoms with E-state index >= 15 is 0 Å². The van der Waals surface area contributed by atoms with Gasteiger partial charge < -0.3 is 14.0 Å². The number of hydrogen-bond acceptors (Lipinski definition) is 1. The number of rotatable bonds is 8. The minimum absolute atomic E-state index is 0.0471. The van der Waals surface area contributed by atoms with Gasteiger partial charge >= 0.3 is 0 Å². The molecule has 0 fully saturated rings. The molecule has 14 aromatic rings. The summed E-state index contributed by atoms with van der Waals surface area (Å²) in [6.45, 7) is 0. The van der Waals surface area contributed by atoms with E-state index in [1.165, 1.54) is 122 Å². The number of hydrogen-bond donors (Lipinski definition) is 0. The maximum atomic E-state index is 2.52. The Kier molecular flexibility index (Phi) is 9.77. The average molecular weight is 980 g/mol. The number of anilines is 3. The van der Waals surface area contributed by atoms with E-state index in [9.17, 15) is 0 Å². The standard InChI is InChI=1S/C74H49N3/c1-4-20-48(21-5-1)55-26-14-17-33-65(55)77(53-24-8-3-9-25-53)70-45-42-56(73-71-59-29-10-12-31-61(59)72(74(70)73)62-32-13-11-30-60(62)71)49-36-40-54(41-37-49)76-67-35-19-16-28-58(67)64-47-51(39-44-69(64)76)50-38-43-68-63(46-50)57-27-15-18-34-66(57)75(68)52-22-6-2-7-23-52/h1-47,71-72H. The second-order valence-corrected chi connectivity index (χ2v) is 20.7. The zero-order valence-electron chi connectivity index (χ0n) is 42.1. The van der Waals surface area contributed by atoms with E-state index in [1.807, 2.05) is 0 Å². The molecule has 17 rings (SSSR count). The molecule has 0 spiro atoms. The van der Waals surface area contributed by atoms with Crippen molar-refractivity contribution in [1.82, 2.24) is 9.13 Å². The van der Waals surface area contributed by atoms with Gasteiger partial charge in [-0.2, -0.15) is 0 Å². The molecule has 3 aliphatic carbocycles. The maximum Gasteiger partial charge on any atom is 0.0541 e. The van der Waals surface area contributed by atoms with Gasteiger partial charge in [-0.25, -0.2) is 0 Å². The molecule has 3 nitrogen and oxygen atoms in total. The van der Waals surface area contributed by atoms with Gasteiger partial charge in [0.05, 0.1) is 33.4 Å². The first kappa shape index (κ1) is 43.4. The molecule has 0 atom stereocenters. The SMILES string of the molecule is c1ccc(-c2ccccc2N(c2ccccc2)c2ccc(-c3ccc(-n4c5ccccc5c5cc(-c6ccc7c(c6)c6ccccc6n7-c6ccccc6)ccc54)cc3)c3c2C2c4ccccc4C3c3ccccc32)cc1. The van der Waals surface area contributed by atoms with Crippen molar-refractivity contribution in [3.63, 3.8) is 0 Å². The van der Waals surface area contributed by atoms with E-state index in [-0.39, 0.29) is 11.8 Å². The van der Waals surface area contributed by atoms with E-state index in [0.717, 1.165) is 17.1 Å². The third kappa shape index (κ3) is 6.63. The van der Waals surface area contributed by atoms with Crippen LogP contribution in [0.25, 0.3) is 88.4 Å². The molecular weight excluding hydrogens is 931 g/mol. The van der Waals surface area contributed by atoms with Crippen LogP contribution in [0.4, 0.5) is 17.1 Å². The molecule has 0 amide bonds. The average Bonchev–Trinajstić information content (AvgIpc) is 4.10. The van der Waals surface area contributed by atoms with Crippen LogP contribution in [0.3, 0.4) is 0 Å². The van der Waals surface area contributed by atoms with Gasteiger partial charge in [0, 0.05) is 56.0 Å². The van der Waals surface area contributed by atoms with Crippen molar-refractivity contribution < 1.29 is 0 Å². The molecule has 2 heterocycles. The Balaban J connectivity index is 0.849. The number of aromatic nitrogens is 2. The van der Waals surface area contributed by atoms with Crippen LogP contribution >= 0.6 is 0 Å². The summed E-state index contributed by atoms with van der Waals surface area (Å²) in [4.78, 5) is 2.52. The van der Waals surface area contributed by atoms with Gasteiger partial charge in [0.25, 0.3) is 0 Å². The topological polar surface area (TPSA) is 13.1 Å². The second-order valence-electron chi connectivity index (χ2n) is 20.7. The van der Waals surface area contributed by atoms with Crippen LogP contribution in [0, 0.1) is 0 Å². The van der Waals surface area contributed by atoms with Gasteiger partial charge in [0.2, 0.25) is 0 Å². The smallest absolute Gasteiger partial charge is 0.0541 e. The van der Waals surface area contributed by atoms with Crippen LogP contribution in [0.15, 0.2) is 285 Å². The van der Waals surface area contributed by atoms with Crippen LogP contribution in [0.2, 0.25) is 0 Å². The van der Waals surface area contributed by atoms with Crippen molar-refractivity contribution in [2.45, 2.75) is 11.8 Å². The van der Waals surface area contributed by atoms with Crippen molar-refractivity contribution in [2.75, 3.05) is 4.90 Å². The highest BCUT2D eigenvalue weighted by Gasteiger charge is 2.44. The van der Waals surface area contributed by atoms with Crippen molar-refractivity contribution in [3.05, 3.63) is 318 Å². The molecule has 0 aliphatic heterocycles. The quantitative estimate of drug-likeness (QED) is 0.148. The van der Waals surface area contributed by atoms with Crippen molar-refractivity contribution in [2.24, 2.45) is 0 Å².